The van der Waals surface area contributed by atoms with Gasteiger partial charge < -0.3 is 15.5 Å². The average molecular weight is 316 g/mol. The maximum atomic E-state index is 12.0. The zero-order chi connectivity index (χ0) is 17.0. The van der Waals surface area contributed by atoms with Crippen LogP contribution < -0.4 is 5.32 Å². The lowest BCUT2D eigenvalue weighted by Crippen LogP contribution is -2.25. The van der Waals surface area contributed by atoms with Gasteiger partial charge in [0.25, 0.3) is 11.6 Å². The minimum Gasteiger partial charge on any atom is -0.504 e. The second-order valence-corrected chi connectivity index (χ2v) is 5.09. The normalized spacial score (nSPS) is 10.3. The summed E-state index contributed by atoms with van der Waals surface area (Å²) in [6.45, 7) is 1.91. The lowest BCUT2D eigenvalue weighted by molar-refractivity contribution is -0.385. The fourth-order valence-electron chi connectivity index (χ4n) is 2.15. The monoisotopic (exact) mass is 316 g/mol. The number of nitro benzene ring substituents is 1. The molecule has 0 aliphatic heterocycles. The summed E-state index contributed by atoms with van der Waals surface area (Å²) in [6.07, 6.45) is 0.478. The zero-order valence-electron chi connectivity index (χ0n) is 12.4. The van der Waals surface area contributed by atoms with E-state index in [1.165, 1.54) is 30.3 Å². The van der Waals surface area contributed by atoms with Crippen molar-refractivity contribution in [2.75, 3.05) is 6.54 Å². The number of nitrogens with zero attached hydrogens (tertiary/aromatic N) is 1. The number of nitro groups is 1. The number of aromatic hydroxyl groups is 2. The topological polar surface area (TPSA) is 113 Å². The van der Waals surface area contributed by atoms with Gasteiger partial charge in [0.1, 0.15) is 0 Å². The van der Waals surface area contributed by atoms with Crippen LogP contribution >= 0.6 is 0 Å². The smallest absolute Gasteiger partial charge is 0.272 e. The number of phenols is 2. The van der Waals surface area contributed by atoms with Gasteiger partial charge >= 0.3 is 0 Å². The van der Waals surface area contributed by atoms with Crippen LogP contribution in [-0.4, -0.2) is 27.6 Å². The molecule has 0 aromatic heterocycles. The molecule has 0 aliphatic rings. The van der Waals surface area contributed by atoms with E-state index in [9.17, 15) is 25.1 Å². The van der Waals surface area contributed by atoms with Crippen molar-refractivity contribution in [1.29, 1.82) is 0 Å². The molecule has 2 aromatic rings. The molecular weight excluding hydrogens is 300 g/mol. The molecular formula is C16H16N2O5. The lowest BCUT2D eigenvalue weighted by Gasteiger charge is -2.07. The second-order valence-electron chi connectivity index (χ2n) is 5.09. The highest BCUT2D eigenvalue weighted by Crippen LogP contribution is 2.24. The van der Waals surface area contributed by atoms with Crippen molar-refractivity contribution >= 4 is 11.6 Å². The van der Waals surface area contributed by atoms with Crippen LogP contribution in [0.5, 0.6) is 11.5 Å². The molecule has 0 unspecified atom stereocenters. The summed E-state index contributed by atoms with van der Waals surface area (Å²) in [5.41, 5.74) is 1.51. The summed E-state index contributed by atoms with van der Waals surface area (Å²) >= 11 is 0. The molecule has 2 rings (SSSR count). The minimum absolute atomic E-state index is 0.0267. The van der Waals surface area contributed by atoms with Gasteiger partial charge in [-0.05, 0) is 43.2 Å². The molecule has 120 valence electrons. The van der Waals surface area contributed by atoms with Crippen LogP contribution in [0.15, 0.2) is 36.4 Å². The molecule has 0 bridgehead atoms. The van der Waals surface area contributed by atoms with Gasteiger partial charge in [0, 0.05) is 23.7 Å². The quantitative estimate of drug-likeness (QED) is 0.445. The summed E-state index contributed by atoms with van der Waals surface area (Å²) in [5, 5.41) is 32.1. The lowest BCUT2D eigenvalue weighted by atomic mass is 10.1. The Balaban J connectivity index is 1.95. The third-order valence-corrected chi connectivity index (χ3v) is 3.39. The Morgan fingerprint density at radius 1 is 1.17 bits per heavy atom. The van der Waals surface area contributed by atoms with E-state index in [4.69, 9.17) is 0 Å². The largest absolute Gasteiger partial charge is 0.504 e. The molecule has 0 saturated heterocycles. The minimum atomic E-state index is -0.492. The Labute approximate surface area is 132 Å². The zero-order valence-corrected chi connectivity index (χ0v) is 12.4. The van der Waals surface area contributed by atoms with E-state index >= 15 is 0 Å². The van der Waals surface area contributed by atoms with E-state index in [-0.39, 0.29) is 23.1 Å². The van der Waals surface area contributed by atoms with E-state index in [1.807, 2.05) is 0 Å². The van der Waals surface area contributed by atoms with Gasteiger partial charge in [0.2, 0.25) is 0 Å². The van der Waals surface area contributed by atoms with Crippen LogP contribution in [0.3, 0.4) is 0 Å². The molecule has 7 heteroatoms. The number of phenolic OH excluding ortho intramolecular Hbond substituents is 2. The molecule has 7 nitrogen and oxygen atoms in total. The molecule has 1 amide bonds. The number of rotatable bonds is 5. The highest BCUT2D eigenvalue weighted by molar-refractivity contribution is 5.94. The molecule has 0 aliphatic carbocycles. The fourth-order valence-corrected chi connectivity index (χ4v) is 2.15. The van der Waals surface area contributed by atoms with Crippen LogP contribution in [0.25, 0.3) is 0 Å². The first kappa shape index (κ1) is 16.3. The van der Waals surface area contributed by atoms with Crippen molar-refractivity contribution in [3.05, 3.63) is 63.2 Å². The van der Waals surface area contributed by atoms with Crippen LogP contribution in [-0.2, 0) is 6.42 Å². The van der Waals surface area contributed by atoms with Crippen LogP contribution in [0.4, 0.5) is 5.69 Å². The number of carbonyl (C=O) groups excluding carboxylic acids is 1. The number of benzene rings is 2. The summed E-state index contributed by atoms with van der Waals surface area (Å²) in [6, 6.07) is 8.65. The second kappa shape index (κ2) is 6.78. The number of carbonyl (C=O) groups is 1. The number of hydrogen-bond acceptors (Lipinski definition) is 5. The fraction of sp³-hybridized carbons (Fsp3) is 0.188. The Morgan fingerprint density at radius 2 is 1.91 bits per heavy atom. The first-order valence-electron chi connectivity index (χ1n) is 6.92. The molecule has 3 N–H and O–H groups in total. The number of hydrogen-bond donors (Lipinski definition) is 3. The van der Waals surface area contributed by atoms with Crippen molar-refractivity contribution < 1.29 is 19.9 Å². The molecule has 23 heavy (non-hydrogen) atoms. The molecule has 0 atom stereocenters. The van der Waals surface area contributed by atoms with Crippen LogP contribution in [0.1, 0.15) is 21.5 Å². The Kier molecular flexibility index (Phi) is 4.80. The Morgan fingerprint density at radius 3 is 2.52 bits per heavy atom. The third kappa shape index (κ3) is 3.97. The number of amides is 1. The summed E-state index contributed by atoms with van der Waals surface area (Å²) in [5.74, 6) is -0.732. The standard InChI is InChI=1S/C16H16N2O5/c1-10-8-12(3-4-13(10)18(22)23)16(21)17-7-6-11-2-5-14(19)15(20)9-11/h2-5,8-9,19-20H,6-7H2,1H3,(H,17,21). The van der Waals surface area contributed by atoms with Gasteiger partial charge in [-0.15, -0.1) is 0 Å². The highest BCUT2D eigenvalue weighted by Gasteiger charge is 2.13. The molecule has 0 heterocycles. The van der Waals surface area contributed by atoms with E-state index in [2.05, 4.69) is 5.32 Å². The van der Waals surface area contributed by atoms with Crippen LogP contribution in [0.2, 0.25) is 0 Å². The van der Waals surface area contributed by atoms with Crippen molar-refractivity contribution in [2.45, 2.75) is 13.3 Å². The third-order valence-electron chi connectivity index (χ3n) is 3.39. The maximum absolute atomic E-state index is 12.0. The van der Waals surface area contributed by atoms with E-state index in [0.29, 0.717) is 24.1 Å². The summed E-state index contributed by atoms with van der Waals surface area (Å²) in [7, 11) is 0. The first-order chi connectivity index (χ1) is 10.9. The van der Waals surface area contributed by atoms with Crippen molar-refractivity contribution in [2.24, 2.45) is 0 Å². The number of aryl methyl sites for hydroxylation is 1. The molecule has 0 spiro atoms. The van der Waals surface area contributed by atoms with Crippen molar-refractivity contribution in [1.82, 2.24) is 5.32 Å². The maximum Gasteiger partial charge on any atom is 0.272 e. The summed E-state index contributed by atoms with van der Waals surface area (Å²) < 4.78 is 0. The van der Waals surface area contributed by atoms with Crippen molar-refractivity contribution in [3.63, 3.8) is 0 Å². The van der Waals surface area contributed by atoms with E-state index in [1.54, 1.807) is 13.0 Å². The predicted molar refractivity (Wildman–Crippen MR) is 83.6 cm³/mol. The molecule has 0 fully saturated rings. The molecule has 0 radical (unpaired) electrons. The van der Waals surface area contributed by atoms with Crippen molar-refractivity contribution in [3.8, 4) is 11.5 Å². The predicted octanol–water partition coefficient (Wildman–Crippen LogP) is 2.29. The Hall–Kier alpha value is -3.09. The van der Waals surface area contributed by atoms with E-state index < -0.39 is 4.92 Å². The molecule has 2 aromatic carbocycles. The first-order valence-corrected chi connectivity index (χ1v) is 6.92. The molecule has 0 saturated carbocycles. The van der Waals surface area contributed by atoms with E-state index in [0.717, 1.165) is 5.56 Å². The SMILES string of the molecule is Cc1cc(C(=O)NCCc2ccc(O)c(O)c2)ccc1[N+](=O)[O-]. The van der Waals surface area contributed by atoms with Crippen LogP contribution in [0, 0.1) is 17.0 Å². The van der Waals surface area contributed by atoms with Gasteiger partial charge in [-0.2, -0.15) is 0 Å². The number of nitrogens with one attached hydrogen (secondary N) is 1. The summed E-state index contributed by atoms with van der Waals surface area (Å²) in [4.78, 5) is 22.3. The Bertz CT molecular complexity index is 758. The average Bonchev–Trinajstić information content (AvgIpc) is 2.50. The van der Waals surface area contributed by atoms with Gasteiger partial charge in [0.05, 0.1) is 4.92 Å². The van der Waals surface area contributed by atoms with Gasteiger partial charge in [-0.25, -0.2) is 0 Å². The highest BCUT2D eigenvalue weighted by atomic mass is 16.6. The van der Waals surface area contributed by atoms with Gasteiger partial charge in [-0.3, -0.25) is 14.9 Å². The van der Waals surface area contributed by atoms with Gasteiger partial charge in [-0.1, -0.05) is 6.07 Å². The van der Waals surface area contributed by atoms with Gasteiger partial charge in [0.15, 0.2) is 11.5 Å².